The maximum Gasteiger partial charge on any atom is 0.172 e. The molecule has 18 heavy (non-hydrogen) atoms. The Labute approximate surface area is 113 Å². The van der Waals surface area contributed by atoms with E-state index in [2.05, 4.69) is 18.7 Å². The molecule has 1 aromatic heterocycles. The second kappa shape index (κ2) is 5.95. The molecule has 2 rings (SSSR count). The lowest BCUT2D eigenvalue weighted by atomic mass is 10.1. The third kappa shape index (κ3) is 3.90. The standard InChI is InChI=1S/C14H21NO2S/c1-14(2)11-15(8-9-17-14)7-3-5-12(16)13-6-4-10-18-13/h4,6,10H,3,5,7-9,11H2,1-2H3. The van der Waals surface area contributed by atoms with Crippen molar-refractivity contribution in [1.82, 2.24) is 4.90 Å². The summed E-state index contributed by atoms with van der Waals surface area (Å²) < 4.78 is 5.67. The van der Waals surface area contributed by atoms with Gasteiger partial charge in [-0.25, -0.2) is 0 Å². The molecule has 0 amide bonds. The molecule has 0 bridgehead atoms. The number of thiophene rings is 1. The highest BCUT2D eigenvalue weighted by Gasteiger charge is 2.26. The summed E-state index contributed by atoms with van der Waals surface area (Å²) in [5, 5.41) is 1.96. The summed E-state index contributed by atoms with van der Waals surface area (Å²) in [6.45, 7) is 7.97. The Bertz CT molecular complexity index is 387. The molecule has 1 aromatic rings. The van der Waals surface area contributed by atoms with E-state index < -0.39 is 0 Å². The highest BCUT2D eigenvalue weighted by atomic mass is 32.1. The van der Waals surface area contributed by atoms with Gasteiger partial charge in [-0.1, -0.05) is 6.07 Å². The smallest absolute Gasteiger partial charge is 0.172 e. The molecule has 0 N–H and O–H groups in total. The van der Waals surface area contributed by atoms with Crippen LogP contribution in [0.1, 0.15) is 36.4 Å². The van der Waals surface area contributed by atoms with E-state index in [-0.39, 0.29) is 11.4 Å². The van der Waals surface area contributed by atoms with Gasteiger partial charge in [0.15, 0.2) is 5.78 Å². The van der Waals surface area contributed by atoms with E-state index in [0.717, 1.165) is 37.5 Å². The number of hydrogen-bond acceptors (Lipinski definition) is 4. The molecule has 0 saturated carbocycles. The molecule has 0 aliphatic carbocycles. The van der Waals surface area contributed by atoms with Crippen molar-refractivity contribution >= 4 is 17.1 Å². The van der Waals surface area contributed by atoms with Crippen molar-refractivity contribution < 1.29 is 9.53 Å². The van der Waals surface area contributed by atoms with Gasteiger partial charge in [0.25, 0.3) is 0 Å². The highest BCUT2D eigenvalue weighted by molar-refractivity contribution is 7.12. The van der Waals surface area contributed by atoms with Crippen LogP contribution in [-0.4, -0.2) is 42.5 Å². The van der Waals surface area contributed by atoms with Gasteiger partial charge < -0.3 is 4.74 Å². The van der Waals surface area contributed by atoms with Crippen LogP contribution >= 0.6 is 11.3 Å². The van der Waals surface area contributed by atoms with Gasteiger partial charge in [-0.15, -0.1) is 11.3 Å². The molecule has 1 fully saturated rings. The minimum absolute atomic E-state index is 0.0456. The minimum Gasteiger partial charge on any atom is -0.373 e. The van der Waals surface area contributed by atoms with Crippen LogP contribution in [-0.2, 0) is 4.74 Å². The summed E-state index contributed by atoms with van der Waals surface area (Å²) in [5.41, 5.74) is -0.0456. The van der Waals surface area contributed by atoms with Crippen LogP contribution in [0.25, 0.3) is 0 Å². The zero-order valence-corrected chi connectivity index (χ0v) is 12.0. The second-order valence-corrected chi connectivity index (χ2v) is 6.34. The highest BCUT2D eigenvalue weighted by Crippen LogP contribution is 2.17. The Kier molecular flexibility index (Phi) is 4.54. The first kappa shape index (κ1) is 13.7. The molecule has 2 heterocycles. The Morgan fingerprint density at radius 3 is 3.06 bits per heavy atom. The van der Waals surface area contributed by atoms with Crippen LogP contribution in [0.15, 0.2) is 17.5 Å². The van der Waals surface area contributed by atoms with Gasteiger partial charge in [-0.2, -0.15) is 0 Å². The molecule has 0 unspecified atom stereocenters. The van der Waals surface area contributed by atoms with Gasteiger partial charge >= 0.3 is 0 Å². The number of ether oxygens (including phenoxy) is 1. The van der Waals surface area contributed by atoms with Crippen molar-refractivity contribution in [2.45, 2.75) is 32.3 Å². The summed E-state index contributed by atoms with van der Waals surface area (Å²) in [6, 6.07) is 3.84. The summed E-state index contributed by atoms with van der Waals surface area (Å²) in [6.07, 6.45) is 1.59. The Morgan fingerprint density at radius 1 is 1.56 bits per heavy atom. The molecule has 100 valence electrons. The van der Waals surface area contributed by atoms with Gasteiger partial charge in [0, 0.05) is 19.5 Å². The largest absolute Gasteiger partial charge is 0.373 e. The summed E-state index contributed by atoms with van der Waals surface area (Å²) in [7, 11) is 0. The average Bonchev–Trinajstić information content (AvgIpc) is 2.81. The van der Waals surface area contributed by atoms with Gasteiger partial charge in [-0.3, -0.25) is 9.69 Å². The number of nitrogens with zero attached hydrogens (tertiary/aromatic N) is 1. The molecule has 0 aromatic carbocycles. The van der Waals surface area contributed by atoms with Gasteiger partial charge in [0.05, 0.1) is 17.1 Å². The van der Waals surface area contributed by atoms with Crippen molar-refractivity contribution in [3.05, 3.63) is 22.4 Å². The van der Waals surface area contributed by atoms with E-state index in [1.54, 1.807) is 0 Å². The fraction of sp³-hybridized carbons (Fsp3) is 0.643. The van der Waals surface area contributed by atoms with Gasteiger partial charge in [0.2, 0.25) is 0 Å². The molecule has 3 nitrogen and oxygen atoms in total. The molecule has 1 aliphatic rings. The van der Waals surface area contributed by atoms with Crippen LogP contribution in [0, 0.1) is 0 Å². The van der Waals surface area contributed by atoms with Gasteiger partial charge in [0.1, 0.15) is 0 Å². The SMILES string of the molecule is CC1(C)CN(CCCC(=O)c2cccs2)CCO1. The third-order valence-electron chi connectivity index (χ3n) is 3.18. The number of hydrogen-bond donors (Lipinski definition) is 0. The van der Waals surface area contributed by atoms with E-state index in [1.165, 1.54) is 11.3 Å². The lowest BCUT2D eigenvalue weighted by molar-refractivity contribution is -0.0859. The molecule has 1 aliphatic heterocycles. The van der Waals surface area contributed by atoms with Crippen LogP contribution in [0.5, 0.6) is 0 Å². The molecular formula is C14H21NO2S. The zero-order chi connectivity index (χ0) is 13.0. The summed E-state index contributed by atoms with van der Waals surface area (Å²) in [5.74, 6) is 0.275. The Morgan fingerprint density at radius 2 is 2.39 bits per heavy atom. The van der Waals surface area contributed by atoms with Crippen LogP contribution < -0.4 is 0 Å². The lowest BCUT2D eigenvalue weighted by Crippen LogP contribution is -2.48. The summed E-state index contributed by atoms with van der Waals surface area (Å²) in [4.78, 5) is 15.1. The fourth-order valence-electron chi connectivity index (χ4n) is 2.33. The first-order valence-electron chi connectivity index (χ1n) is 6.50. The van der Waals surface area contributed by atoms with Crippen molar-refractivity contribution in [3.8, 4) is 0 Å². The number of Topliss-reactive ketones (excluding diaryl/α,β-unsaturated/α-hetero) is 1. The summed E-state index contributed by atoms with van der Waals surface area (Å²) >= 11 is 1.53. The molecule has 4 heteroatoms. The number of carbonyl (C=O) groups excluding carboxylic acids is 1. The van der Waals surface area contributed by atoms with Crippen molar-refractivity contribution in [3.63, 3.8) is 0 Å². The van der Waals surface area contributed by atoms with Crippen LogP contribution in [0.3, 0.4) is 0 Å². The van der Waals surface area contributed by atoms with Crippen molar-refractivity contribution in [1.29, 1.82) is 0 Å². The van der Waals surface area contributed by atoms with E-state index in [9.17, 15) is 4.79 Å². The third-order valence-corrected chi connectivity index (χ3v) is 4.09. The number of morpholine rings is 1. The molecule has 0 radical (unpaired) electrons. The quantitative estimate of drug-likeness (QED) is 0.768. The van der Waals surface area contributed by atoms with Crippen molar-refractivity contribution in [2.75, 3.05) is 26.2 Å². The second-order valence-electron chi connectivity index (χ2n) is 5.39. The number of carbonyl (C=O) groups is 1. The predicted octanol–water partition coefficient (Wildman–Crippen LogP) is 2.82. The van der Waals surface area contributed by atoms with Crippen molar-refractivity contribution in [2.24, 2.45) is 0 Å². The number of ketones is 1. The van der Waals surface area contributed by atoms with E-state index in [1.807, 2.05) is 17.5 Å². The molecule has 0 spiro atoms. The lowest BCUT2D eigenvalue weighted by Gasteiger charge is -2.38. The van der Waals surface area contributed by atoms with E-state index in [4.69, 9.17) is 4.74 Å². The zero-order valence-electron chi connectivity index (χ0n) is 11.1. The first-order valence-corrected chi connectivity index (χ1v) is 7.38. The van der Waals surface area contributed by atoms with Crippen LogP contribution in [0.2, 0.25) is 0 Å². The average molecular weight is 267 g/mol. The monoisotopic (exact) mass is 267 g/mol. The Balaban J connectivity index is 1.71. The van der Waals surface area contributed by atoms with Crippen LogP contribution in [0.4, 0.5) is 0 Å². The topological polar surface area (TPSA) is 29.5 Å². The first-order chi connectivity index (χ1) is 8.57. The van der Waals surface area contributed by atoms with Gasteiger partial charge in [-0.05, 0) is 38.3 Å². The Hall–Kier alpha value is -0.710. The van der Waals surface area contributed by atoms with E-state index in [0.29, 0.717) is 6.42 Å². The maximum absolute atomic E-state index is 11.8. The maximum atomic E-state index is 11.8. The molecule has 1 saturated heterocycles. The molecule has 0 atom stereocenters. The molecular weight excluding hydrogens is 246 g/mol. The fourth-order valence-corrected chi connectivity index (χ4v) is 3.02. The predicted molar refractivity (Wildman–Crippen MR) is 74.4 cm³/mol. The van der Waals surface area contributed by atoms with E-state index >= 15 is 0 Å². The minimum atomic E-state index is -0.0456. The normalized spacial score (nSPS) is 19.9. The number of rotatable bonds is 5.